The van der Waals surface area contributed by atoms with Gasteiger partial charge in [-0.05, 0) is 25.5 Å². The number of ether oxygens (including phenoxy) is 2. The zero-order chi connectivity index (χ0) is 17.5. The number of nitrogens with one attached hydrogen (secondary N) is 2. The Hall–Kier alpha value is -1.57. The molecule has 2 unspecified atom stereocenters. The Morgan fingerprint density at radius 2 is 2.40 bits per heavy atom. The van der Waals surface area contributed by atoms with E-state index in [0.717, 1.165) is 37.8 Å². The molecule has 1 aromatic heterocycles. The van der Waals surface area contributed by atoms with E-state index in [1.165, 1.54) is 0 Å². The van der Waals surface area contributed by atoms with Gasteiger partial charge in [0.2, 0.25) is 0 Å². The summed E-state index contributed by atoms with van der Waals surface area (Å²) in [6, 6.07) is 4.03. The van der Waals surface area contributed by atoms with Gasteiger partial charge < -0.3 is 25.0 Å². The van der Waals surface area contributed by atoms with Crippen LogP contribution in [0.25, 0.3) is 0 Å². The van der Waals surface area contributed by atoms with Crippen molar-refractivity contribution in [2.75, 3.05) is 50.9 Å². The van der Waals surface area contributed by atoms with Gasteiger partial charge >= 0.3 is 0 Å². The number of aromatic nitrogens is 1. The van der Waals surface area contributed by atoms with Gasteiger partial charge in [0.15, 0.2) is 5.96 Å². The summed E-state index contributed by atoms with van der Waals surface area (Å²) in [6.45, 7) is 7.18. The number of halogens is 1. The Balaban J connectivity index is 1.54. The van der Waals surface area contributed by atoms with Crippen molar-refractivity contribution in [2.24, 2.45) is 4.99 Å². The van der Waals surface area contributed by atoms with Crippen LogP contribution in [0.5, 0.6) is 0 Å². The molecule has 1 aromatic rings. The van der Waals surface area contributed by atoms with E-state index in [2.05, 4.69) is 32.4 Å². The lowest BCUT2D eigenvalue weighted by Gasteiger charge is -2.23. The van der Waals surface area contributed by atoms with Gasteiger partial charge in [-0.25, -0.2) is 4.98 Å². The van der Waals surface area contributed by atoms with Crippen LogP contribution < -0.4 is 15.5 Å². The average Bonchev–Trinajstić information content (AvgIpc) is 3.09. The van der Waals surface area contributed by atoms with Crippen LogP contribution in [0.3, 0.4) is 0 Å². The Bertz CT molecular complexity index is 580. The van der Waals surface area contributed by atoms with E-state index in [-0.39, 0.29) is 6.10 Å². The molecule has 0 saturated carbocycles. The number of aliphatic imine (C=N–C) groups is 1. The molecule has 2 aliphatic heterocycles. The van der Waals surface area contributed by atoms with Gasteiger partial charge in [0.05, 0.1) is 31.4 Å². The van der Waals surface area contributed by atoms with E-state index in [1.807, 2.05) is 12.1 Å². The van der Waals surface area contributed by atoms with Gasteiger partial charge in [0.25, 0.3) is 0 Å². The second-order valence-corrected chi connectivity index (χ2v) is 6.58. The van der Waals surface area contributed by atoms with Crippen molar-refractivity contribution in [1.82, 2.24) is 15.6 Å². The molecule has 2 aliphatic rings. The SMILES string of the molecule is CCNC(=NCC1COCCO1)NC1CCN(c2ncccc2Cl)C1. The predicted molar refractivity (Wildman–Crippen MR) is 99.5 cm³/mol. The average molecular weight is 368 g/mol. The molecule has 2 N–H and O–H groups in total. The van der Waals surface area contributed by atoms with Crippen LogP contribution in [0.15, 0.2) is 23.3 Å². The van der Waals surface area contributed by atoms with Crippen molar-refractivity contribution in [3.05, 3.63) is 23.4 Å². The number of rotatable bonds is 5. The molecule has 2 fully saturated rings. The fourth-order valence-electron chi connectivity index (χ4n) is 3.03. The molecular weight excluding hydrogens is 342 g/mol. The second kappa shape index (κ2) is 9.22. The number of hydrogen-bond acceptors (Lipinski definition) is 5. The largest absolute Gasteiger partial charge is 0.376 e. The number of guanidine groups is 1. The molecule has 0 bridgehead atoms. The summed E-state index contributed by atoms with van der Waals surface area (Å²) >= 11 is 6.26. The second-order valence-electron chi connectivity index (χ2n) is 6.17. The smallest absolute Gasteiger partial charge is 0.191 e. The Morgan fingerprint density at radius 1 is 1.48 bits per heavy atom. The molecular formula is C17H26ClN5O2. The summed E-state index contributed by atoms with van der Waals surface area (Å²) in [5.74, 6) is 1.67. The minimum absolute atomic E-state index is 0.0385. The highest BCUT2D eigenvalue weighted by Gasteiger charge is 2.25. The Kier molecular flexibility index (Phi) is 6.72. The molecule has 0 radical (unpaired) electrons. The molecule has 0 amide bonds. The van der Waals surface area contributed by atoms with Crippen LogP contribution >= 0.6 is 11.6 Å². The molecule has 0 aromatic carbocycles. The van der Waals surface area contributed by atoms with Gasteiger partial charge in [-0.15, -0.1) is 0 Å². The lowest BCUT2D eigenvalue weighted by atomic mass is 10.3. The number of nitrogens with zero attached hydrogens (tertiary/aromatic N) is 3. The highest BCUT2D eigenvalue weighted by molar-refractivity contribution is 6.32. The standard InChI is InChI=1S/C17H26ClN5O2/c1-2-19-17(21-10-14-12-24-8-9-25-14)22-13-5-7-23(11-13)16-15(18)4-3-6-20-16/h3-4,6,13-14H,2,5,7-12H2,1H3,(H2,19,21,22). The molecule has 8 heteroatoms. The van der Waals surface area contributed by atoms with E-state index in [0.29, 0.717) is 37.4 Å². The zero-order valence-corrected chi connectivity index (χ0v) is 15.3. The van der Waals surface area contributed by atoms with Crippen molar-refractivity contribution in [3.63, 3.8) is 0 Å². The van der Waals surface area contributed by atoms with Crippen molar-refractivity contribution < 1.29 is 9.47 Å². The highest BCUT2D eigenvalue weighted by Crippen LogP contribution is 2.25. The van der Waals surface area contributed by atoms with Gasteiger partial charge in [0.1, 0.15) is 11.9 Å². The maximum Gasteiger partial charge on any atom is 0.191 e. The summed E-state index contributed by atoms with van der Waals surface area (Å²) in [7, 11) is 0. The first-order valence-corrected chi connectivity index (χ1v) is 9.23. The molecule has 2 saturated heterocycles. The topological polar surface area (TPSA) is 71.0 Å². The van der Waals surface area contributed by atoms with Crippen molar-refractivity contribution in [2.45, 2.75) is 25.5 Å². The van der Waals surface area contributed by atoms with E-state index < -0.39 is 0 Å². The maximum atomic E-state index is 6.26. The molecule has 2 atom stereocenters. The number of pyridine rings is 1. The lowest BCUT2D eigenvalue weighted by molar-refractivity contribution is -0.0832. The molecule has 138 valence electrons. The highest BCUT2D eigenvalue weighted by atomic mass is 35.5. The van der Waals surface area contributed by atoms with Gasteiger partial charge in [-0.3, -0.25) is 4.99 Å². The Labute approximate surface area is 153 Å². The third kappa shape index (κ3) is 5.20. The van der Waals surface area contributed by atoms with Crippen LogP contribution in [0.4, 0.5) is 5.82 Å². The van der Waals surface area contributed by atoms with Crippen LogP contribution in [0.2, 0.25) is 5.02 Å². The van der Waals surface area contributed by atoms with Crippen molar-refractivity contribution in [1.29, 1.82) is 0 Å². The Morgan fingerprint density at radius 3 is 3.16 bits per heavy atom. The van der Waals surface area contributed by atoms with Crippen LogP contribution in [-0.4, -0.2) is 69.1 Å². The first-order chi connectivity index (χ1) is 12.3. The van der Waals surface area contributed by atoms with Gasteiger partial charge in [0, 0.05) is 31.9 Å². The van der Waals surface area contributed by atoms with Crippen molar-refractivity contribution in [3.8, 4) is 0 Å². The fraction of sp³-hybridized carbons (Fsp3) is 0.647. The number of hydrogen-bond donors (Lipinski definition) is 2. The summed E-state index contributed by atoms with van der Waals surface area (Å²) < 4.78 is 11.1. The molecule has 0 spiro atoms. The van der Waals surface area contributed by atoms with Gasteiger partial charge in [-0.2, -0.15) is 0 Å². The monoisotopic (exact) mass is 367 g/mol. The van der Waals surface area contributed by atoms with Crippen molar-refractivity contribution >= 4 is 23.4 Å². The van der Waals surface area contributed by atoms with Crippen LogP contribution in [0.1, 0.15) is 13.3 Å². The third-order valence-electron chi connectivity index (χ3n) is 4.25. The van der Waals surface area contributed by atoms with E-state index in [9.17, 15) is 0 Å². The van der Waals surface area contributed by atoms with E-state index >= 15 is 0 Å². The number of anilines is 1. The van der Waals surface area contributed by atoms with Crippen LogP contribution in [-0.2, 0) is 9.47 Å². The first-order valence-electron chi connectivity index (χ1n) is 8.86. The molecule has 7 nitrogen and oxygen atoms in total. The predicted octanol–water partition coefficient (Wildman–Crippen LogP) is 1.28. The summed E-state index contributed by atoms with van der Waals surface area (Å²) in [6.07, 6.45) is 2.83. The molecule has 25 heavy (non-hydrogen) atoms. The zero-order valence-electron chi connectivity index (χ0n) is 14.6. The first kappa shape index (κ1) is 18.2. The normalized spacial score (nSPS) is 24.4. The maximum absolute atomic E-state index is 6.26. The van der Waals surface area contributed by atoms with E-state index in [1.54, 1.807) is 6.20 Å². The van der Waals surface area contributed by atoms with E-state index in [4.69, 9.17) is 21.1 Å². The quantitative estimate of drug-likeness (QED) is 0.603. The van der Waals surface area contributed by atoms with Gasteiger partial charge in [-0.1, -0.05) is 11.6 Å². The summed E-state index contributed by atoms with van der Waals surface area (Å²) in [5.41, 5.74) is 0. The fourth-order valence-corrected chi connectivity index (χ4v) is 3.27. The molecule has 0 aliphatic carbocycles. The summed E-state index contributed by atoms with van der Waals surface area (Å²) in [4.78, 5) is 11.3. The minimum atomic E-state index is 0.0385. The summed E-state index contributed by atoms with van der Waals surface area (Å²) in [5, 5.41) is 7.50. The third-order valence-corrected chi connectivity index (χ3v) is 4.54. The van der Waals surface area contributed by atoms with Crippen LogP contribution in [0, 0.1) is 0 Å². The lowest BCUT2D eigenvalue weighted by Crippen LogP contribution is -2.45. The molecule has 3 heterocycles. The minimum Gasteiger partial charge on any atom is -0.376 e. The molecule has 3 rings (SSSR count).